The average molecular weight is 269 g/mol. The standard InChI is InChI=1S/C15H15N3S/c16-18-14(9-11-5-7-17-8-6-11)13-10-19-15-4-2-1-3-12(13)15/h1-8,10,14,18H,9,16H2. The van der Waals surface area contributed by atoms with Crippen molar-refractivity contribution >= 4 is 21.4 Å². The van der Waals surface area contributed by atoms with E-state index in [0.717, 1.165) is 6.42 Å². The van der Waals surface area contributed by atoms with E-state index < -0.39 is 0 Å². The fourth-order valence-electron chi connectivity index (χ4n) is 2.28. The second-order valence-corrected chi connectivity index (χ2v) is 5.38. The molecule has 0 aliphatic rings. The van der Waals surface area contributed by atoms with Crippen LogP contribution >= 0.6 is 11.3 Å². The van der Waals surface area contributed by atoms with Crippen LogP contribution in [0.15, 0.2) is 54.2 Å². The van der Waals surface area contributed by atoms with Crippen LogP contribution < -0.4 is 11.3 Å². The summed E-state index contributed by atoms with van der Waals surface area (Å²) < 4.78 is 1.30. The minimum atomic E-state index is 0.124. The minimum Gasteiger partial charge on any atom is -0.271 e. The topological polar surface area (TPSA) is 50.9 Å². The summed E-state index contributed by atoms with van der Waals surface area (Å²) in [6.07, 6.45) is 4.49. The lowest BCUT2D eigenvalue weighted by molar-refractivity contribution is 0.556. The lowest BCUT2D eigenvalue weighted by Crippen LogP contribution is -2.29. The van der Waals surface area contributed by atoms with Crippen molar-refractivity contribution in [2.24, 2.45) is 5.84 Å². The highest BCUT2D eigenvalue weighted by Gasteiger charge is 2.14. The molecule has 0 amide bonds. The summed E-state index contributed by atoms with van der Waals surface area (Å²) in [5, 5.41) is 3.47. The van der Waals surface area contributed by atoms with Gasteiger partial charge in [-0.2, -0.15) is 0 Å². The van der Waals surface area contributed by atoms with Gasteiger partial charge >= 0.3 is 0 Å². The first-order valence-electron chi connectivity index (χ1n) is 6.19. The molecule has 0 bridgehead atoms. The smallest absolute Gasteiger partial charge is 0.0514 e. The number of hydrogen-bond acceptors (Lipinski definition) is 4. The summed E-state index contributed by atoms with van der Waals surface area (Å²) in [6.45, 7) is 0. The zero-order valence-electron chi connectivity index (χ0n) is 10.4. The Labute approximate surface area is 116 Å². The molecule has 0 saturated heterocycles. The van der Waals surface area contributed by atoms with Crippen molar-refractivity contribution in [2.75, 3.05) is 0 Å². The van der Waals surface area contributed by atoms with Crippen LogP contribution in [0.2, 0.25) is 0 Å². The van der Waals surface area contributed by atoms with Gasteiger partial charge in [0.15, 0.2) is 0 Å². The van der Waals surface area contributed by atoms with Crippen molar-refractivity contribution in [1.29, 1.82) is 0 Å². The van der Waals surface area contributed by atoms with Gasteiger partial charge < -0.3 is 0 Å². The van der Waals surface area contributed by atoms with E-state index in [1.165, 1.54) is 21.2 Å². The van der Waals surface area contributed by atoms with Gasteiger partial charge in [-0.1, -0.05) is 18.2 Å². The number of nitrogens with zero attached hydrogens (tertiary/aromatic N) is 1. The first-order chi connectivity index (χ1) is 9.38. The Bertz CT molecular complexity index is 663. The van der Waals surface area contributed by atoms with E-state index in [4.69, 9.17) is 5.84 Å². The lowest BCUT2D eigenvalue weighted by atomic mass is 9.99. The highest BCUT2D eigenvalue weighted by molar-refractivity contribution is 7.17. The maximum Gasteiger partial charge on any atom is 0.0514 e. The molecule has 0 aliphatic carbocycles. The van der Waals surface area contributed by atoms with Gasteiger partial charge in [-0.25, -0.2) is 0 Å². The normalized spacial score (nSPS) is 12.7. The highest BCUT2D eigenvalue weighted by atomic mass is 32.1. The molecule has 3 nitrogen and oxygen atoms in total. The third-order valence-corrected chi connectivity index (χ3v) is 4.26. The van der Waals surface area contributed by atoms with Crippen LogP contribution in [0.3, 0.4) is 0 Å². The molecule has 0 fully saturated rings. The second kappa shape index (κ2) is 5.48. The van der Waals surface area contributed by atoms with Gasteiger partial charge in [-0.15, -0.1) is 11.3 Å². The Balaban J connectivity index is 1.94. The van der Waals surface area contributed by atoms with Crippen LogP contribution in [0.25, 0.3) is 10.1 Å². The molecule has 3 N–H and O–H groups in total. The predicted molar refractivity (Wildman–Crippen MR) is 79.8 cm³/mol. The summed E-state index contributed by atoms with van der Waals surface area (Å²) in [4.78, 5) is 4.04. The molecule has 1 unspecified atom stereocenters. The molecule has 1 aromatic carbocycles. The molecule has 19 heavy (non-hydrogen) atoms. The number of benzene rings is 1. The van der Waals surface area contributed by atoms with Crippen LogP contribution in [0.1, 0.15) is 17.2 Å². The van der Waals surface area contributed by atoms with Crippen molar-refractivity contribution in [3.63, 3.8) is 0 Å². The fourth-order valence-corrected chi connectivity index (χ4v) is 3.30. The summed E-state index contributed by atoms with van der Waals surface area (Å²) in [7, 11) is 0. The number of nitrogens with two attached hydrogens (primary N) is 1. The van der Waals surface area contributed by atoms with E-state index in [9.17, 15) is 0 Å². The quantitative estimate of drug-likeness (QED) is 0.565. The van der Waals surface area contributed by atoms with Gasteiger partial charge in [0.1, 0.15) is 0 Å². The second-order valence-electron chi connectivity index (χ2n) is 4.47. The van der Waals surface area contributed by atoms with Crippen molar-refractivity contribution in [3.05, 3.63) is 65.3 Å². The van der Waals surface area contributed by atoms with E-state index in [2.05, 4.69) is 40.1 Å². The Morgan fingerprint density at radius 1 is 1.16 bits per heavy atom. The number of thiophene rings is 1. The van der Waals surface area contributed by atoms with Crippen molar-refractivity contribution in [1.82, 2.24) is 10.4 Å². The first kappa shape index (κ1) is 12.3. The zero-order chi connectivity index (χ0) is 13.1. The molecule has 4 heteroatoms. The van der Waals surface area contributed by atoms with Crippen molar-refractivity contribution in [2.45, 2.75) is 12.5 Å². The van der Waals surface area contributed by atoms with E-state index in [0.29, 0.717) is 0 Å². The maximum absolute atomic E-state index is 5.74. The van der Waals surface area contributed by atoms with Gasteiger partial charge in [-0.3, -0.25) is 16.3 Å². The number of fused-ring (bicyclic) bond motifs is 1. The largest absolute Gasteiger partial charge is 0.271 e. The van der Waals surface area contributed by atoms with E-state index >= 15 is 0 Å². The number of pyridine rings is 1. The molecule has 96 valence electrons. The van der Waals surface area contributed by atoms with Crippen molar-refractivity contribution in [3.8, 4) is 0 Å². The molecule has 2 aromatic heterocycles. The van der Waals surface area contributed by atoms with E-state index in [-0.39, 0.29) is 6.04 Å². The van der Waals surface area contributed by atoms with Crippen molar-refractivity contribution < 1.29 is 0 Å². The third-order valence-electron chi connectivity index (χ3n) is 3.28. The number of aromatic nitrogens is 1. The minimum absolute atomic E-state index is 0.124. The van der Waals surface area contributed by atoms with E-state index in [1.54, 1.807) is 11.3 Å². The molecular weight excluding hydrogens is 254 g/mol. The number of hydrazine groups is 1. The Morgan fingerprint density at radius 2 is 1.95 bits per heavy atom. The lowest BCUT2D eigenvalue weighted by Gasteiger charge is -2.15. The third kappa shape index (κ3) is 2.51. The van der Waals surface area contributed by atoms with Gasteiger partial charge in [-0.05, 0) is 46.5 Å². The highest BCUT2D eigenvalue weighted by Crippen LogP contribution is 2.31. The molecule has 1 atom stereocenters. The SMILES string of the molecule is NNC(Cc1ccncc1)c1csc2ccccc12. The van der Waals surface area contributed by atoms with Crippen LogP contribution in [-0.4, -0.2) is 4.98 Å². The monoisotopic (exact) mass is 269 g/mol. The molecule has 0 aliphatic heterocycles. The van der Waals surface area contributed by atoms with Gasteiger partial charge in [0.2, 0.25) is 0 Å². The number of hydrogen-bond donors (Lipinski definition) is 2. The molecule has 0 saturated carbocycles. The Morgan fingerprint density at radius 3 is 2.74 bits per heavy atom. The fraction of sp³-hybridized carbons (Fsp3) is 0.133. The number of rotatable bonds is 4. The Kier molecular flexibility index (Phi) is 3.55. The first-order valence-corrected chi connectivity index (χ1v) is 7.07. The molecule has 2 heterocycles. The summed E-state index contributed by atoms with van der Waals surface area (Å²) in [5.41, 5.74) is 5.42. The summed E-state index contributed by atoms with van der Waals surface area (Å²) >= 11 is 1.76. The Hall–Kier alpha value is -1.75. The van der Waals surface area contributed by atoms with Crippen LogP contribution in [-0.2, 0) is 6.42 Å². The summed E-state index contributed by atoms with van der Waals surface area (Å²) in [5.74, 6) is 5.74. The molecule has 3 rings (SSSR count). The van der Waals surface area contributed by atoms with E-state index in [1.807, 2.05) is 24.5 Å². The average Bonchev–Trinajstić information content (AvgIpc) is 2.90. The maximum atomic E-state index is 5.74. The van der Waals surface area contributed by atoms with Crippen LogP contribution in [0.4, 0.5) is 0 Å². The van der Waals surface area contributed by atoms with Crippen LogP contribution in [0.5, 0.6) is 0 Å². The molecule has 3 aromatic rings. The van der Waals surface area contributed by atoms with Crippen LogP contribution in [0, 0.1) is 0 Å². The molecule has 0 spiro atoms. The zero-order valence-corrected chi connectivity index (χ0v) is 11.2. The number of nitrogens with one attached hydrogen (secondary N) is 1. The summed E-state index contributed by atoms with van der Waals surface area (Å²) in [6, 6.07) is 12.6. The predicted octanol–water partition coefficient (Wildman–Crippen LogP) is 3.04. The van der Waals surface area contributed by atoms with Gasteiger partial charge in [0.05, 0.1) is 6.04 Å². The van der Waals surface area contributed by atoms with Gasteiger partial charge in [0.25, 0.3) is 0 Å². The molecule has 0 radical (unpaired) electrons. The van der Waals surface area contributed by atoms with Gasteiger partial charge in [0, 0.05) is 17.1 Å². The molecular formula is C15H15N3S.